The Balaban J connectivity index is -0.0000000768. The molecule has 0 saturated heterocycles. The number of nitrogens with zero attached hydrogens (tertiary/aromatic N) is 4. The van der Waals surface area contributed by atoms with E-state index in [9.17, 15) is 0 Å². The highest BCUT2D eigenvalue weighted by molar-refractivity contribution is 5.57. The summed E-state index contributed by atoms with van der Waals surface area (Å²) >= 11 is 0. The van der Waals surface area contributed by atoms with Crippen molar-refractivity contribution in [2.24, 2.45) is 0 Å². The first kappa shape index (κ1) is 33.9. The summed E-state index contributed by atoms with van der Waals surface area (Å²) < 4.78 is 14.4. The van der Waals surface area contributed by atoms with Crippen LogP contribution in [0, 0.1) is 35.8 Å². The third kappa shape index (κ3) is 20.7. The zero-order valence-electron chi connectivity index (χ0n) is 20.3. The molecule has 0 unspecified atom stereocenters. The lowest BCUT2D eigenvalue weighted by molar-refractivity contribution is 1.49. The predicted molar refractivity (Wildman–Crippen MR) is 134 cm³/mol. The van der Waals surface area contributed by atoms with E-state index in [0.717, 1.165) is 0 Å². The molecule has 0 aromatic heterocycles. The number of hydrogen-bond donors (Lipinski definition) is 0. The molecule has 30 heavy (non-hydrogen) atoms. The zero-order chi connectivity index (χ0) is 24.5. The molecule has 0 heterocycles. The first-order valence-electron chi connectivity index (χ1n) is 10.3. The molecule has 0 aliphatic carbocycles. The number of benzene rings is 2. The third-order valence-corrected chi connectivity index (χ3v) is 2.12. The highest BCUT2D eigenvalue weighted by Gasteiger charge is 1.96. The molecular weight excluding hydrogens is 368 g/mol. The standard InChI is InChI=1S/2C8H4N2.4C2H6.2CH4/c1-10-8-4-2-3-7(5-8)6-9;1-10-8-5-3-2-4-7(8)6-9;4*1-2;;/h2*2-5H;4*1-2H3;2*1H4/i3D;2D;;;;;;. The normalized spacial score (nSPS) is 6.93. The fraction of sp³-hybridized carbons (Fsp3) is 0.385. The van der Waals surface area contributed by atoms with Crippen LogP contribution in [0.4, 0.5) is 11.4 Å². The van der Waals surface area contributed by atoms with E-state index in [4.69, 9.17) is 26.4 Å². The summed E-state index contributed by atoms with van der Waals surface area (Å²) in [6.45, 7) is 29.3. The van der Waals surface area contributed by atoms with Crippen LogP contribution in [0.1, 0.15) is 84.1 Å². The summed E-state index contributed by atoms with van der Waals surface area (Å²) in [7, 11) is 0. The summed E-state index contributed by atoms with van der Waals surface area (Å²) in [5, 5.41) is 17.0. The van der Waals surface area contributed by atoms with Crippen LogP contribution in [0.25, 0.3) is 9.69 Å². The molecule has 0 N–H and O–H groups in total. The summed E-state index contributed by atoms with van der Waals surface area (Å²) in [5.41, 5.74) is 1.23. The van der Waals surface area contributed by atoms with E-state index < -0.39 is 0 Å². The summed E-state index contributed by atoms with van der Waals surface area (Å²) in [5.74, 6) is 0. The second-order valence-corrected chi connectivity index (χ2v) is 3.35. The van der Waals surface area contributed by atoms with E-state index in [1.807, 2.05) is 67.5 Å². The topological polar surface area (TPSA) is 56.3 Å². The second kappa shape index (κ2) is 36.3. The highest BCUT2D eigenvalue weighted by Crippen LogP contribution is 2.16. The number of para-hydroxylation sites is 1. The molecule has 0 fully saturated rings. The Morgan fingerprint density at radius 3 is 1.73 bits per heavy atom. The van der Waals surface area contributed by atoms with Crippen molar-refractivity contribution in [2.45, 2.75) is 70.2 Å². The molecule has 0 spiro atoms. The van der Waals surface area contributed by atoms with E-state index in [1.165, 1.54) is 36.4 Å². The molecular formula is C26H40N4. The van der Waals surface area contributed by atoms with Crippen LogP contribution in [0.5, 0.6) is 0 Å². The minimum absolute atomic E-state index is 0. The van der Waals surface area contributed by atoms with Crippen LogP contribution in [-0.4, -0.2) is 0 Å². The average molecular weight is 411 g/mol. The number of hydrogen-bond acceptors (Lipinski definition) is 2. The third-order valence-electron chi connectivity index (χ3n) is 2.12. The minimum Gasteiger partial charge on any atom is -0.238 e. The molecule has 0 radical (unpaired) electrons. The Hall–Kier alpha value is -3.60. The lowest BCUT2D eigenvalue weighted by Gasteiger charge is -1.88. The first-order valence-corrected chi connectivity index (χ1v) is 9.32. The van der Waals surface area contributed by atoms with Gasteiger partial charge in [-0.05, 0) is 12.1 Å². The van der Waals surface area contributed by atoms with Crippen LogP contribution in [0.2, 0.25) is 0 Å². The first-order chi connectivity index (χ1) is 14.5. The van der Waals surface area contributed by atoms with Crippen molar-refractivity contribution in [3.05, 3.63) is 82.4 Å². The maximum Gasteiger partial charge on any atom is 0.204 e. The monoisotopic (exact) mass is 410 g/mol. The van der Waals surface area contributed by atoms with Gasteiger partial charge in [0.15, 0.2) is 5.69 Å². The molecule has 2 aromatic rings. The number of rotatable bonds is 0. The van der Waals surface area contributed by atoms with E-state index in [0.29, 0.717) is 11.4 Å². The van der Waals surface area contributed by atoms with Crippen molar-refractivity contribution < 1.29 is 2.74 Å². The average Bonchev–Trinajstić information content (AvgIpc) is 2.84. The van der Waals surface area contributed by atoms with Gasteiger partial charge in [0.25, 0.3) is 0 Å². The SMILES string of the molecule is C.C.CC.CC.CC.CC.[2H]c1ccc([N+]#[C-])c(C#N)c1.[2H]c1ccc([N+]#[C-])cc1C#N. The molecule has 0 saturated carbocycles. The van der Waals surface area contributed by atoms with E-state index in [-0.39, 0.29) is 38.1 Å². The molecule has 2 rings (SSSR count). The van der Waals surface area contributed by atoms with Crippen molar-refractivity contribution in [1.29, 1.82) is 10.5 Å². The fourth-order valence-electron chi connectivity index (χ4n) is 1.20. The number of nitriles is 2. The van der Waals surface area contributed by atoms with Gasteiger partial charge in [-0.1, -0.05) is 107 Å². The van der Waals surface area contributed by atoms with Crippen LogP contribution in [0.15, 0.2) is 48.5 Å². The Morgan fingerprint density at radius 2 is 1.33 bits per heavy atom. The van der Waals surface area contributed by atoms with Gasteiger partial charge in [-0.15, -0.1) is 0 Å². The predicted octanol–water partition coefficient (Wildman–Crippen LogP) is 9.60. The fourth-order valence-corrected chi connectivity index (χ4v) is 1.20. The Kier molecular flexibility index (Phi) is 41.1. The quantitative estimate of drug-likeness (QED) is 0.406. The van der Waals surface area contributed by atoms with Crippen LogP contribution in [-0.2, 0) is 0 Å². The van der Waals surface area contributed by atoms with E-state index in [2.05, 4.69) is 9.69 Å². The Labute approximate surface area is 189 Å². The van der Waals surface area contributed by atoms with Crippen LogP contribution < -0.4 is 0 Å². The van der Waals surface area contributed by atoms with Gasteiger partial charge < -0.3 is 0 Å². The van der Waals surface area contributed by atoms with Gasteiger partial charge in [0.05, 0.1) is 33.6 Å². The van der Waals surface area contributed by atoms with Gasteiger partial charge in [-0.2, -0.15) is 10.5 Å². The largest absolute Gasteiger partial charge is 0.238 e. The highest BCUT2D eigenvalue weighted by atomic mass is 14.6. The van der Waals surface area contributed by atoms with E-state index in [1.54, 1.807) is 0 Å². The second-order valence-electron chi connectivity index (χ2n) is 3.35. The molecule has 0 aliphatic rings. The van der Waals surface area contributed by atoms with Crippen molar-refractivity contribution >= 4 is 11.4 Å². The van der Waals surface area contributed by atoms with Gasteiger partial charge in [0.2, 0.25) is 5.69 Å². The van der Waals surface area contributed by atoms with Gasteiger partial charge in [0, 0.05) is 5.56 Å². The zero-order valence-corrected chi connectivity index (χ0v) is 18.3. The van der Waals surface area contributed by atoms with Gasteiger partial charge in [-0.25, -0.2) is 9.69 Å². The Morgan fingerprint density at radius 1 is 0.800 bits per heavy atom. The van der Waals surface area contributed by atoms with E-state index >= 15 is 0 Å². The van der Waals surface area contributed by atoms with Crippen molar-refractivity contribution in [1.82, 2.24) is 0 Å². The Bertz CT molecular complexity index is 865. The van der Waals surface area contributed by atoms with Gasteiger partial charge in [-0.3, -0.25) is 0 Å². The molecule has 0 atom stereocenters. The van der Waals surface area contributed by atoms with Crippen molar-refractivity contribution in [3.8, 4) is 12.1 Å². The summed E-state index contributed by atoms with van der Waals surface area (Å²) in [6.07, 6.45) is 0. The van der Waals surface area contributed by atoms with Crippen molar-refractivity contribution in [2.75, 3.05) is 0 Å². The molecule has 164 valence electrons. The molecule has 0 aliphatic heterocycles. The van der Waals surface area contributed by atoms with Crippen molar-refractivity contribution in [3.63, 3.8) is 0 Å². The lowest BCUT2D eigenvalue weighted by atomic mass is 10.2. The maximum absolute atomic E-state index is 8.50. The lowest BCUT2D eigenvalue weighted by Crippen LogP contribution is -1.70. The van der Waals surface area contributed by atoms with Gasteiger partial charge in [0.1, 0.15) is 0 Å². The molecule has 2 aromatic carbocycles. The summed E-state index contributed by atoms with van der Waals surface area (Å²) in [6, 6.07) is 12.9. The van der Waals surface area contributed by atoms with Gasteiger partial charge >= 0.3 is 0 Å². The smallest absolute Gasteiger partial charge is 0.204 e. The molecule has 4 heteroatoms. The van der Waals surface area contributed by atoms with Crippen LogP contribution >= 0.6 is 0 Å². The molecule has 4 nitrogen and oxygen atoms in total. The minimum atomic E-state index is 0. The maximum atomic E-state index is 8.50. The molecule has 0 amide bonds. The molecule has 0 bridgehead atoms. The summed E-state index contributed by atoms with van der Waals surface area (Å²) in [4.78, 5) is 6.26. The van der Waals surface area contributed by atoms with Crippen LogP contribution in [0.3, 0.4) is 0 Å².